The number of hydrogen-bond acceptors (Lipinski definition) is 13. The Labute approximate surface area is 347 Å². The van der Waals surface area contributed by atoms with Crippen LogP contribution in [0.3, 0.4) is 0 Å². The monoisotopic (exact) mass is 814 g/mol. The van der Waals surface area contributed by atoms with Crippen molar-refractivity contribution in [1.82, 2.24) is 60.5 Å². The molecule has 6 N–H and O–H groups in total. The van der Waals surface area contributed by atoms with E-state index < -0.39 is 0 Å². The first-order chi connectivity index (χ1) is 26.9. The van der Waals surface area contributed by atoms with Gasteiger partial charge in [0.1, 0.15) is 0 Å². The average Bonchev–Trinajstić information content (AvgIpc) is 3.19. The molecule has 0 aromatic heterocycles. The van der Waals surface area contributed by atoms with Crippen molar-refractivity contribution in [3.8, 4) is 0 Å². The minimum Gasteiger partial charge on any atom is -0.355 e. The second-order valence-corrected chi connectivity index (χ2v) is 15.5. The van der Waals surface area contributed by atoms with E-state index in [4.69, 9.17) is 5.73 Å². The van der Waals surface area contributed by atoms with Gasteiger partial charge in [-0.1, -0.05) is 28.2 Å². The first-order valence-corrected chi connectivity index (χ1v) is 21.3. The standard InChI is InChI=1S/3C10H21N3O.C9H20N4O.CH4/c3*1-3-4-11-10(14)9-13-7-5-12(2)6-8-13;1-12-4-6-13(7-5-12)8-9(14)11-3-2-10;/h3*3-9H2,1-2H3,(H,11,14);2-8,10H2,1H3,(H,11,14);1H4. The van der Waals surface area contributed by atoms with Crippen LogP contribution in [0.25, 0.3) is 0 Å². The highest BCUT2D eigenvalue weighted by Crippen LogP contribution is 2.00. The second kappa shape index (κ2) is 34.4. The lowest BCUT2D eigenvalue weighted by molar-refractivity contribution is -0.123. The minimum atomic E-state index is 0. The molecule has 4 saturated heterocycles. The lowest BCUT2D eigenvalue weighted by atomic mass is 10.3. The van der Waals surface area contributed by atoms with Gasteiger partial charge in [-0.2, -0.15) is 0 Å². The van der Waals surface area contributed by atoms with Crippen molar-refractivity contribution in [3.63, 3.8) is 0 Å². The zero-order valence-corrected chi connectivity index (χ0v) is 36.6. The van der Waals surface area contributed by atoms with Gasteiger partial charge in [-0.05, 0) is 47.5 Å². The van der Waals surface area contributed by atoms with Crippen molar-refractivity contribution in [2.24, 2.45) is 5.73 Å². The van der Waals surface area contributed by atoms with Crippen LogP contribution in [0.4, 0.5) is 0 Å². The summed E-state index contributed by atoms with van der Waals surface area (Å²) in [6.07, 6.45) is 3.03. The van der Waals surface area contributed by atoms with Crippen LogP contribution < -0.4 is 27.0 Å². The molecule has 17 heteroatoms. The SMILES string of the molecule is C.CCCNC(=O)CN1CCN(C)CC1.CCCNC(=O)CN1CCN(C)CC1.CCCNC(=O)CN1CCN(C)CC1.CN1CCN(CC(=O)NCCN)CC1. The molecule has 336 valence electrons. The van der Waals surface area contributed by atoms with Crippen LogP contribution in [-0.4, -0.2) is 255 Å². The maximum atomic E-state index is 11.4. The van der Waals surface area contributed by atoms with Crippen molar-refractivity contribution in [2.75, 3.05) is 192 Å². The molecular formula is C40H87N13O4. The number of nitrogens with zero attached hydrogens (tertiary/aromatic N) is 8. The summed E-state index contributed by atoms with van der Waals surface area (Å²) < 4.78 is 0. The zero-order valence-electron chi connectivity index (χ0n) is 36.6. The van der Waals surface area contributed by atoms with Crippen molar-refractivity contribution < 1.29 is 19.2 Å². The van der Waals surface area contributed by atoms with Crippen molar-refractivity contribution in [1.29, 1.82) is 0 Å². The molecule has 0 atom stereocenters. The van der Waals surface area contributed by atoms with Crippen molar-refractivity contribution >= 4 is 23.6 Å². The van der Waals surface area contributed by atoms with Gasteiger partial charge in [-0.3, -0.25) is 38.8 Å². The summed E-state index contributed by atoms with van der Waals surface area (Å²) in [7, 11) is 8.46. The molecule has 4 amide bonds. The molecule has 57 heavy (non-hydrogen) atoms. The van der Waals surface area contributed by atoms with Crippen LogP contribution in [0.1, 0.15) is 47.5 Å². The van der Waals surface area contributed by atoms with Crippen LogP contribution in [-0.2, 0) is 19.2 Å². The lowest BCUT2D eigenvalue weighted by Gasteiger charge is -2.31. The fourth-order valence-electron chi connectivity index (χ4n) is 6.06. The fourth-order valence-corrected chi connectivity index (χ4v) is 6.06. The van der Waals surface area contributed by atoms with E-state index in [1.165, 1.54) is 0 Å². The molecule has 0 bridgehead atoms. The van der Waals surface area contributed by atoms with Gasteiger partial charge < -0.3 is 46.6 Å². The number of likely N-dealkylation sites (N-methyl/N-ethyl adjacent to an activating group) is 4. The molecule has 0 radical (unpaired) electrons. The molecular weight excluding hydrogens is 727 g/mol. The largest absolute Gasteiger partial charge is 0.355 e. The second-order valence-electron chi connectivity index (χ2n) is 15.5. The highest BCUT2D eigenvalue weighted by atomic mass is 16.2. The molecule has 0 saturated carbocycles. The molecule has 17 nitrogen and oxygen atoms in total. The molecule has 4 fully saturated rings. The number of nitrogens with one attached hydrogen (secondary N) is 4. The Morgan fingerprint density at radius 1 is 0.386 bits per heavy atom. The van der Waals surface area contributed by atoms with E-state index in [1.807, 2.05) is 0 Å². The van der Waals surface area contributed by atoms with Gasteiger partial charge in [0.25, 0.3) is 0 Å². The predicted molar refractivity (Wildman–Crippen MR) is 234 cm³/mol. The Balaban J connectivity index is 0.000000729. The lowest BCUT2D eigenvalue weighted by Crippen LogP contribution is -2.48. The Morgan fingerprint density at radius 2 is 0.579 bits per heavy atom. The summed E-state index contributed by atoms with van der Waals surface area (Å²) in [5.74, 6) is 0.573. The number of nitrogens with two attached hydrogens (primary N) is 1. The van der Waals surface area contributed by atoms with Gasteiger partial charge in [-0.15, -0.1) is 0 Å². The smallest absolute Gasteiger partial charge is 0.234 e. The van der Waals surface area contributed by atoms with E-state index >= 15 is 0 Å². The maximum absolute atomic E-state index is 11.4. The molecule has 0 spiro atoms. The highest BCUT2D eigenvalue weighted by molar-refractivity contribution is 5.79. The Bertz CT molecular complexity index is 867. The Morgan fingerprint density at radius 3 is 0.754 bits per heavy atom. The predicted octanol–water partition coefficient (Wildman–Crippen LogP) is -1.78. The van der Waals surface area contributed by atoms with Gasteiger partial charge in [0.2, 0.25) is 23.6 Å². The third kappa shape index (κ3) is 29.4. The summed E-state index contributed by atoms with van der Waals surface area (Å²) in [5, 5.41) is 11.5. The molecule has 4 heterocycles. The van der Waals surface area contributed by atoms with Crippen LogP contribution in [0.15, 0.2) is 0 Å². The van der Waals surface area contributed by atoms with Gasteiger partial charge in [0, 0.05) is 137 Å². The Kier molecular flexibility index (Phi) is 32.9. The fraction of sp³-hybridized carbons (Fsp3) is 0.900. The summed E-state index contributed by atoms with van der Waals surface area (Å²) in [4.78, 5) is 63.4. The number of piperazine rings is 4. The normalized spacial score (nSPS) is 19.2. The molecule has 0 unspecified atom stereocenters. The van der Waals surface area contributed by atoms with Crippen LogP contribution in [0.5, 0.6) is 0 Å². The van der Waals surface area contributed by atoms with E-state index in [0.717, 1.165) is 144 Å². The summed E-state index contributed by atoms with van der Waals surface area (Å²) in [5.41, 5.74) is 5.29. The van der Waals surface area contributed by atoms with Crippen LogP contribution in [0, 0.1) is 0 Å². The van der Waals surface area contributed by atoms with E-state index in [2.05, 4.69) is 109 Å². The van der Waals surface area contributed by atoms with Crippen LogP contribution in [0.2, 0.25) is 0 Å². The third-order valence-electron chi connectivity index (χ3n) is 10.0. The van der Waals surface area contributed by atoms with Gasteiger partial charge in [0.05, 0.1) is 26.2 Å². The minimum absolute atomic E-state index is 0. The van der Waals surface area contributed by atoms with Crippen molar-refractivity contribution in [3.05, 3.63) is 0 Å². The molecule has 4 aliphatic heterocycles. The van der Waals surface area contributed by atoms with E-state index in [1.54, 1.807) is 0 Å². The van der Waals surface area contributed by atoms with Gasteiger partial charge in [0.15, 0.2) is 0 Å². The Hall–Kier alpha value is -2.48. The molecule has 0 aliphatic carbocycles. The zero-order chi connectivity index (χ0) is 41.6. The quantitative estimate of drug-likeness (QED) is 0.119. The molecule has 0 aromatic carbocycles. The van der Waals surface area contributed by atoms with Gasteiger partial charge >= 0.3 is 0 Å². The average molecular weight is 814 g/mol. The summed E-state index contributed by atoms with van der Waals surface area (Å²) in [6.45, 7) is 28.4. The number of carbonyl (C=O) groups is 4. The van der Waals surface area contributed by atoms with E-state index in [9.17, 15) is 19.2 Å². The third-order valence-corrected chi connectivity index (χ3v) is 10.0. The molecule has 0 aromatic rings. The van der Waals surface area contributed by atoms with E-state index in [-0.39, 0.29) is 31.1 Å². The maximum Gasteiger partial charge on any atom is 0.234 e. The summed E-state index contributed by atoms with van der Waals surface area (Å²) in [6, 6.07) is 0. The van der Waals surface area contributed by atoms with Gasteiger partial charge in [-0.25, -0.2) is 0 Å². The number of hydrogen-bond donors (Lipinski definition) is 5. The highest BCUT2D eigenvalue weighted by Gasteiger charge is 2.19. The number of rotatable bonds is 16. The van der Waals surface area contributed by atoms with Crippen molar-refractivity contribution in [2.45, 2.75) is 47.5 Å². The van der Waals surface area contributed by atoms with E-state index in [0.29, 0.717) is 39.3 Å². The molecule has 4 rings (SSSR count). The van der Waals surface area contributed by atoms with Crippen LogP contribution >= 0.6 is 0 Å². The molecule has 4 aliphatic rings. The first-order valence-electron chi connectivity index (χ1n) is 21.3. The number of carbonyl (C=O) groups excluding carboxylic acids is 4. The number of amides is 4. The first kappa shape index (κ1) is 54.5. The topological polar surface area (TPSA) is 168 Å². The summed E-state index contributed by atoms with van der Waals surface area (Å²) >= 11 is 0.